The van der Waals surface area contributed by atoms with E-state index in [1.165, 1.54) is 12.3 Å². The zero-order valence-corrected chi connectivity index (χ0v) is 9.64. The summed E-state index contributed by atoms with van der Waals surface area (Å²) in [4.78, 5) is 25.0. The summed E-state index contributed by atoms with van der Waals surface area (Å²) in [5, 5.41) is 19.2. The van der Waals surface area contributed by atoms with Crippen LogP contribution in [0.2, 0.25) is 0 Å². The van der Waals surface area contributed by atoms with Crippen LogP contribution in [0.3, 0.4) is 0 Å². The van der Waals surface area contributed by atoms with Crippen LogP contribution in [-0.2, 0) is 9.53 Å². The highest BCUT2D eigenvalue weighted by atomic mass is 16.5. The summed E-state index contributed by atoms with van der Waals surface area (Å²) < 4.78 is 4.56. The molecule has 0 saturated carbocycles. The fourth-order valence-corrected chi connectivity index (χ4v) is 1.36. The second kappa shape index (κ2) is 5.60. The van der Waals surface area contributed by atoms with Gasteiger partial charge in [0.1, 0.15) is 6.10 Å². The maximum Gasteiger partial charge on any atom is 0.338 e. The molecule has 94 valence electrons. The second-order valence-electron chi connectivity index (χ2n) is 3.60. The molecule has 3 N–H and O–H groups in total. The van der Waals surface area contributed by atoms with Gasteiger partial charge in [0.2, 0.25) is 0 Å². The number of carbonyl (C=O) groups is 1. The summed E-state index contributed by atoms with van der Waals surface area (Å²) in [6.45, 7) is 3.38. The lowest BCUT2D eigenvalue weighted by Gasteiger charge is -2.16. The molecule has 0 fully saturated rings. The van der Waals surface area contributed by atoms with Gasteiger partial charge >= 0.3 is 5.97 Å². The Morgan fingerprint density at radius 2 is 2.18 bits per heavy atom. The van der Waals surface area contributed by atoms with Gasteiger partial charge in [-0.3, -0.25) is 4.79 Å². The first-order chi connectivity index (χ1) is 7.97. The average Bonchev–Trinajstić information content (AvgIpc) is 2.30. The zero-order chi connectivity index (χ0) is 13.0. The normalized spacial score (nSPS) is 14.1. The van der Waals surface area contributed by atoms with Gasteiger partial charge in [-0.05, 0) is 25.5 Å². The second-order valence-corrected chi connectivity index (χ2v) is 3.60. The number of aliphatic hydroxyl groups is 2. The number of carbonyl (C=O) groups excluding carboxylic acids is 1. The van der Waals surface area contributed by atoms with Crippen molar-refractivity contribution in [2.45, 2.75) is 26.1 Å². The van der Waals surface area contributed by atoms with Crippen molar-refractivity contribution in [1.29, 1.82) is 0 Å². The third kappa shape index (κ3) is 3.15. The SMILES string of the molecule is CCOC(=O)C(O)C(O)c1cc(C)c[nH]c1=O. The molecule has 1 rings (SSSR count). The van der Waals surface area contributed by atoms with E-state index in [-0.39, 0.29) is 12.2 Å². The van der Waals surface area contributed by atoms with Crippen LogP contribution in [0.5, 0.6) is 0 Å². The zero-order valence-electron chi connectivity index (χ0n) is 9.64. The van der Waals surface area contributed by atoms with E-state index in [1.54, 1.807) is 13.8 Å². The number of esters is 1. The summed E-state index contributed by atoms with van der Waals surface area (Å²) in [6.07, 6.45) is -1.90. The first-order valence-electron chi connectivity index (χ1n) is 5.19. The molecule has 1 heterocycles. The molecule has 0 amide bonds. The molecule has 1 aromatic heterocycles. The molecule has 6 nitrogen and oxygen atoms in total. The number of hydrogen-bond acceptors (Lipinski definition) is 5. The summed E-state index contributed by atoms with van der Waals surface area (Å²) in [5.41, 5.74) is 0.0895. The molecule has 2 atom stereocenters. The molecule has 6 heteroatoms. The molecular formula is C11H15NO5. The van der Waals surface area contributed by atoms with E-state index in [2.05, 4.69) is 9.72 Å². The quantitative estimate of drug-likeness (QED) is 0.625. The molecule has 0 bridgehead atoms. The third-order valence-electron chi connectivity index (χ3n) is 2.22. The Balaban J connectivity index is 2.95. The Kier molecular flexibility index (Phi) is 4.42. The highest BCUT2D eigenvalue weighted by Crippen LogP contribution is 2.14. The predicted molar refractivity (Wildman–Crippen MR) is 59.4 cm³/mol. The largest absolute Gasteiger partial charge is 0.464 e. The number of ether oxygens (including phenoxy) is 1. The first kappa shape index (κ1) is 13.4. The molecule has 1 aromatic rings. The van der Waals surface area contributed by atoms with Crippen molar-refractivity contribution < 1.29 is 19.7 Å². The van der Waals surface area contributed by atoms with Gasteiger partial charge in [-0.1, -0.05) is 0 Å². The van der Waals surface area contributed by atoms with E-state index in [9.17, 15) is 19.8 Å². The number of hydrogen-bond donors (Lipinski definition) is 3. The molecule has 0 aliphatic carbocycles. The summed E-state index contributed by atoms with van der Waals surface area (Å²) in [7, 11) is 0. The van der Waals surface area contributed by atoms with E-state index in [0.29, 0.717) is 5.56 Å². The topological polar surface area (TPSA) is 99.6 Å². The Morgan fingerprint density at radius 3 is 2.76 bits per heavy atom. The molecule has 0 aliphatic rings. The third-order valence-corrected chi connectivity index (χ3v) is 2.22. The Hall–Kier alpha value is -1.66. The number of pyridine rings is 1. The monoisotopic (exact) mass is 241 g/mol. The van der Waals surface area contributed by atoms with Gasteiger partial charge in [0.05, 0.1) is 6.61 Å². The lowest BCUT2D eigenvalue weighted by atomic mass is 10.0. The highest BCUT2D eigenvalue weighted by molar-refractivity contribution is 5.75. The maximum atomic E-state index is 11.4. The standard InChI is InChI=1S/C11H15NO5/c1-3-17-11(16)9(14)8(13)7-4-6(2)5-12-10(7)15/h4-5,8-9,13-14H,3H2,1-2H3,(H,12,15). The first-order valence-corrected chi connectivity index (χ1v) is 5.19. The van der Waals surface area contributed by atoms with Crippen LogP contribution in [0.1, 0.15) is 24.2 Å². The van der Waals surface area contributed by atoms with Gasteiger partial charge < -0.3 is 19.9 Å². The summed E-state index contributed by atoms with van der Waals surface area (Å²) in [6, 6.07) is 1.41. The van der Waals surface area contributed by atoms with Crippen LogP contribution in [0.4, 0.5) is 0 Å². The minimum absolute atomic E-state index is 0.0643. The summed E-state index contributed by atoms with van der Waals surface area (Å²) >= 11 is 0. The highest BCUT2D eigenvalue weighted by Gasteiger charge is 2.28. The van der Waals surface area contributed by atoms with Gasteiger partial charge in [-0.15, -0.1) is 0 Å². The van der Waals surface area contributed by atoms with Crippen LogP contribution in [0, 0.1) is 6.92 Å². The molecule has 0 radical (unpaired) electrons. The van der Waals surface area contributed by atoms with Crippen molar-refractivity contribution in [3.05, 3.63) is 33.7 Å². The minimum Gasteiger partial charge on any atom is -0.464 e. The van der Waals surface area contributed by atoms with Crippen LogP contribution >= 0.6 is 0 Å². The van der Waals surface area contributed by atoms with Gasteiger partial charge in [-0.2, -0.15) is 0 Å². The molecule has 0 saturated heterocycles. The minimum atomic E-state index is -1.77. The average molecular weight is 241 g/mol. The van der Waals surface area contributed by atoms with E-state index in [0.717, 1.165) is 0 Å². The van der Waals surface area contributed by atoms with Crippen molar-refractivity contribution in [2.75, 3.05) is 6.61 Å². The predicted octanol–water partition coefficient (Wildman–Crippen LogP) is -0.359. The molecular weight excluding hydrogens is 226 g/mol. The van der Waals surface area contributed by atoms with E-state index in [4.69, 9.17) is 0 Å². The number of rotatable bonds is 4. The lowest BCUT2D eigenvalue weighted by molar-refractivity contribution is -0.159. The Labute approximate surface area is 97.9 Å². The summed E-state index contributed by atoms with van der Waals surface area (Å²) in [5.74, 6) is -0.957. The molecule has 2 unspecified atom stereocenters. The van der Waals surface area contributed by atoms with E-state index < -0.39 is 23.7 Å². The fourth-order valence-electron chi connectivity index (χ4n) is 1.36. The number of nitrogens with one attached hydrogen (secondary N) is 1. The van der Waals surface area contributed by atoms with Gasteiger partial charge in [0.15, 0.2) is 6.10 Å². The number of aryl methyl sites for hydroxylation is 1. The lowest BCUT2D eigenvalue weighted by Crippen LogP contribution is -2.33. The van der Waals surface area contributed by atoms with Gasteiger partial charge in [0.25, 0.3) is 5.56 Å². The van der Waals surface area contributed by atoms with Crippen LogP contribution in [-0.4, -0.2) is 33.9 Å². The smallest absolute Gasteiger partial charge is 0.338 e. The number of aromatic nitrogens is 1. The molecule has 0 aliphatic heterocycles. The van der Waals surface area contributed by atoms with Gasteiger partial charge in [0, 0.05) is 11.8 Å². The van der Waals surface area contributed by atoms with Crippen molar-refractivity contribution in [1.82, 2.24) is 4.98 Å². The van der Waals surface area contributed by atoms with Crippen molar-refractivity contribution in [3.8, 4) is 0 Å². The molecule has 0 aromatic carbocycles. The molecule has 17 heavy (non-hydrogen) atoms. The number of H-pyrrole nitrogens is 1. The van der Waals surface area contributed by atoms with E-state index in [1.807, 2.05) is 0 Å². The van der Waals surface area contributed by atoms with Crippen molar-refractivity contribution >= 4 is 5.97 Å². The fraction of sp³-hybridized carbons (Fsp3) is 0.455. The van der Waals surface area contributed by atoms with Gasteiger partial charge in [-0.25, -0.2) is 4.79 Å². The van der Waals surface area contributed by atoms with Crippen molar-refractivity contribution in [3.63, 3.8) is 0 Å². The van der Waals surface area contributed by atoms with Crippen LogP contribution in [0.25, 0.3) is 0 Å². The van der Waals surface area contributed by atoms with Crippen LogP contribution < -0.4 is 5.56 Å². The van der Waals surface area contributed by atoms with Crippen LogP contribution in [0.15, 0.2) is 17.1 Å². The Morgan fingerprint density at radius 1 is 1.53 bits per heavy atom. The maximum absolute atomic E-state index is 11.4. The number of aromatic amines is 1. The van der Waals surface area contributed by atoms with Crippen molar-refractivity contribution in [2.24, 2.45) is 0 Å². The Bertz CT molecular complexity index is 453. The molecule has 0 spiro atoms. The number of aliphatic hydroxyl groups excluding tert-OH is 2. The van der Waals surface area contributed by atoms with E-state index >= 15 is 0 Å².